The van der Waals surface area contributed by atoms with Crippen LogP contribution in [-0.2, 0) is 0 Å². The number of rotatable bonds is 6. The van der Waals surface area contributed by atoms with Gasteiger partial charge in [-0.1, -0.05) is 0 Å². The summed E-state index contributed by atoms with van der Waals surface area (Å²) in [7, 11) is 4.05. The number of nitrogens with one attached hydrogen (secondary N) is 1. The number of hydrogen-bond donors (Lipinski definition) is 1. The van der Waals surface area contributed by atoms with E-state index in [0.29, 0.717) is 18.8 Å². The van der Waals surface area contributed by atoms with E-state index in [-0.39, 0.29) is 11.7 Å². The van der Waals surface area contributed by atoms with E-state index in [9.17, 15) is 9.18 Å². The molecule has 144 valence electrons. The van der Waals surface area contributed by atoms with Crippen molar-refractivity contribution in [3.05, 3.63) is 54.1 Å². The Labute approximate surface area is 159 Å². The third-order valence-corrected chi connectivity index (χ3v) is 4.63. The summed E-state index contributed by atoms with van der Waals surface area (Å²) in [6.45, 7) is 4.40. The molecule has 27 heavy (non-hydrogen) atoms. The molecule has 6 nitrogen and oxygen atoms in total. The number of carbonyl (C=O) groups excluding carboxylic acids is 1. The van der Waals surface area contributed by atoms with Crippen LogP contribution in [0.4, 0.5) is 15.8 Å². The smallest absolute Gasteiger partial charge is 0.272 e. The molecule has 1 aromatic heterocycles. The highest BCUT2D eigenvalue weighted by Crippen LogP contribution is 2.18. The normalized spacial score (nSPS) is 14.5. The first-order valence-corrected chi connectivity index (χ1v) is 9.17. The summed E-state index contributed by atoms with van der Waals surface area (Å²) in [5.74, 6) is -0.289. The van der Waals surface area contributed by atoms with Crippen molar-refractivity contribution >= 4 is 17.3 Å². The highest BCUT2D eigenvalue weighted by Gasteiger charge is 2.23. The summed E-state index contributed by atoms with van der Waals surface area (Å²) in [5.41, 5.74) is 2.34. The second-order valence-electron chi connectivity index (χ2n) is 6.92. The number of pyridine rings is 1. The SMILES string of the molecule is CN(C)CCNc1ccnc(C(=O)N2CCN(c3ccc(F)cc3)CC2)c1. The molecule has 3 rings (SSSR count). The van der Waals surface area contributed by atoms with Crippen LogP contribution in [0.1, 0.15) is 10.5 Å². The first-order chi connectivity index (χ1) is 13.0. The van der Waals surface area contributed by atoms with Crippen molar-refractivity contribution < 1.29 is 9.18 Å². The van der Waals surface area contributed by atoms with Crippen molar-refractivity contribution in [3.8, 4) is 0 Å². The van der Waals surface area contributed by atoms with Crippen LogP contribution in [0.2, 0.25) is 0 Å². The van der Waals surface area contributed by atoms with Crippen molar-refractivity contribution in [2.24, 2.45) is 0 Å². The predicted octanol–water partition coefficient (Wildman–Crippen LogP) is 2.16. The molecule has 2 aromatic rings. The van der Waals surface area contributed by atoms with Crippen LogP contribution in [0.25, 0.3) is 0 Å². The van der Waals surface area contributed by atoms with Crippen molar-refractivity contribution in [1.29, 1.82) is 0 Å². The minimum atomic E-state index is -0.238. The van der Waals surface area contributed by atoms with Gasteiger partial charge in [-0.05, 0) is 50.5 Å². The first-order valence-electron chi connectivity index (χ1n) is 9.17. The van der Waals surface area contributed by atoms with Crippen molar-refractivity contribution in [2.75, 3.05) is 63.6 Å². The van der Waals surface area contributed by atoms with Crippen LogP contribution in [0.3, 0.4) is 0 Å². The largest absolute Gasteiger partial charge is 0.384 e. The molecule has 0 spiro atoms. The summed E-state index contributed by atoms with van der Waals surface area (Å²) >= 11 is 0. The monoisotopic (exact) mass is 371 g/mol. The van der Waals surface area contributed by atoms with Crippen molar-refractivity contribution in [2.45, 2.75) is 0 Å². The Morgan fingerprint density at radius 1 is 1.15 bits per heavy atom. The molecule has 1 fully saturated rings. The van der Waals surface area contributed by atoms with E-state index in [0.717, 1.165) is 37.6 Å². The second kappa shape index (κ2) is 8.81. The molecule has 0 aliphatic carbocycles. The molecule has 1 aromatic carbocycles. The van der Waals surface area contributed by atoms with E-state index < -0.39 is 0 Å². The van der Waals surface area contributed by atoms with E-state index in [1.165, 1.54) is 12.1 Å². The van der Waals surface area contributed by atoms with Gasteiger partial charge in [0.05, 0.1) is 0 Å². The van der Waals surface area contributed by atoms with Crippen molar-refractivity contribution in [1.82, 2.24) is 14.8 Å². The standard InChI is InChI=1S/C20H26FN5O/c1-24(2)10-9-22-17-7-8-23-19(15-17)20(27)26-13-11-25(12-14-26)18-5-3-16(21)4-6-18/h3-8,15H,9-14H2,1-2H3,(H,22,23). The molecule has 1 aliphatic rings. The van der Waals surface area contributed by atoms with Crippen LogP contribution < -0.4 is 10.2 Å². The lowest BCUT2D eigenvalue weighted by atomic mass is 10.2. The number of hydrogen-bond acceptors (Lipinski definition) is 5. The molecular formula is C20H26FN5O. The van der Waals surface area contributed by atoms with Gasteiger partial charge in [-0.3, -0.25) is 9.78 Å². The van der Waals surface area contributed by atoms with E-state index in [1.807, 2.05) is 31.1 Å². The lowest BCUT2D eigenvalue weighted by molar-refractivity contribution is 0.0741. The molecule has 1 amide bonds. The van der Waals surface area contributed by atoms with E-state index in [2.05, 4.69) is 20.1 Å². The molecule has 1 N–H and O–H groups in total. The lowest BCUT2D eigenvalue weighted by Gasteiger charge is -2.36. The number of carbonyl (C=O) groups is 1. The van der Waals surface area contributed by atoms with Gasteiger partial charge in [0.15, 0.2) is 0 Å². The van der Waals surface area contributed by atoms with Gasteiger partial charge in [-0.15, -0.1) is 0 Å². The zero-order chi connectivity index (χ0) is 19.2. The Bertz CT molecular complexity index is 757. The zero-order valence-electron chi connectivity index (χ0n) is 15.9. The third-order valence-electron chi connectivity index (χ3n) is 4.63. The third kappa shape index (κ3) is 5.17. The van der Waals surface area contributed by atoms with Crippen LogP contribution in [-0.4, -0.2) is 74.1 Å². The van der Waals surface area contributed by atoms with E-state index >= 15 is 0 Å². The van der Waals surface area contributed by atoms with Crippen LogP contribution in [0.15, 0.2) is 42.6 Å². The van der Waals surface area contributed by atoms with Gasteiger partial charge in [0.2, 0.25) is 0 Å². The molecule has 0 unspecified atom stereocenters. The highest BCUT2D eigenvalue weighted by molar-refractivity contribution is 5.93. The van der Waals surface area contributed by atoms with Gasteiger partial charge in [0, 0.05) is 56.8 Å². The van der Waals surface area contributed by atoms with Crippen LogP contribution in [0.5, 0.6) is 0 Å². The summed E-state index contributed by atoms with van der Waals surface area (Å²) in [5, 5.41) is 3.32. The van der Waals surface area contributed by atoms with Gasteiger partial charge in [-0.25, -0.2) is 4.39 Å². The number of amides is 1. The highest BCUT2D eigenvalue weighted by atomic mass is 19.1. The van der Waals surface area contributed by atoms with E-state index in [4.69, 9.17) is 0 Å². The molecule has 1 aliphatic heterocycles. The average molecular weight is 371 g/mol. The number of likely N-dealkylation sites (N-methyl/N-ethyl adjacent to an activating group) is 1. The Hall–Kier alpha value is -2.67. The Balaban J connectivity index is 1.56. The zero-order valence-corrected chi connectivity index (χ0v) is 15.9. The number of benzene rings is 1. The summed E-state index contributed by atoms with van der Waals surface area (Å²) in [4.78, 5) is 23.1. The van der Waals surface area contributed by atoms with Gasteiger partial charge in [0.25, 0.3) is 5.91 Å². The first kappa shape index (κ1) is 19.1. The number of anilines is 2. The number of aromatic nitrogens is 1. The number of halogens is 1. The van der Waals surface area contributed by atoms with E-state index in [1.54, 1.807) is 18.3 Å². The molecule has 0 bridgehead atoms. The maximum Gasteiger partial charge on any atom is 0.272 e. The molecule has 0 radical (unpaired) electrons. The van der Waals surface area contributed by atoms with Gasteiger partial charge >= 0.3 is 0 Å². The van der Waals surface area contributed by atoms with Crippen LogP contribution in [0, 0.1) is 5.82 Å². The minimum absolute atomic E-state index is 0.0509. The van der Waals surface area contributed by atoms with Gasteiger partial charge < -0.3 is 20.0 Å². The molecule has 2 heterocycles. The van der Waals surface area contributed by atoms with Gasteiger partial charge in [0.1, 0.15) is 11.5 Å². The quantitative estimate of drug-likeness (QED) is 0.843. The maximum atomic E-state index is 13.1. The number of nitrogens with zero attached hydrogens (tertiary/aromatic N) is 4. The summed E-state index contributed by atoms with van der Waals surface area (Å²) < 4.78 is 13.1. The molecule has 1 saturated heterocycles. The second-order valence-corrected chi connectivity index (χ2v) is 6.92. The number of piperazine rings is 1. The molecule has 0 atom stereocenters. The molecule has 7 heteroatoms. The summed E-state index contributed by atoms with van der Waals surface area (Å²) in [6, 6.07) is 10.2. The predicted molar refractivity (Wildman–Crippen MR) is 106 cm³/mol. The minimum Gasteiger partial charge on any atom is -0.384 e. The Morgan fingerprint density at radius 2 is 1.85 bits per heavy atom. The fraction of sp³-hybridized carbons (Fsp3) is 0.400. The molecular weight excluding hydrogens is 345 g/mol. The summed E-state index contributed by atoms with van der Waals surface area (Å²) in [6.07, 6.45) is 1.67. The van der Waals surface area contributed by atoms with Crippen molar-refractivity contribution in [3.63, 3.8) is 0 Å². The Kier molecular flexibility index (Phi) is 6.24. The fourth-order valence-corrected chi connectivity index (χ4v) is 3.06. The average Bonchev–Trinajstić information content (AvgIpc) is 2.68. The maximum absolute atomic E-state index is 13.1. The fourth-order valence-electron chi connectivity index (χ4n) is 3.06. The molecule has 0 saturated carbocycles. The topological polar surface area (TPSA) is 51.7 Å². The Morgan fingerprint density at radius 3 is 2.52 bits per heavy atom. The van der Waals surface area contributed by atoms with Crippen LogP contribution >= 0.6 is 0 Å². The lowest BCUT2D eigenvalue weighted by Crippen LogP contribution is -2.49. The van der Waals surface area contributed by atoms with Gasteiger partial charge in [-0.2, -0.15) is 0 Å².